The van der Waals surface area contributed by atoms with Crippen LogP contribution >= 0.6 is 15.9 Å². The molecule has 0 radical (unpaired) electrons. The van der Waals surface area contributed by atoms with E-state index in [-0.39, 0.29) is 11.9 Å². The lowest BCUT2D eigenvalue weighted by molar-refractivity contribution is 0.421. The summed E-state index contributed by atoms with van der Waals surface area (Å²) in [5.74, 6) is 5.86. The van der Waals surface area contributed by atoms with Gasteiger partial charge in [0.15, 0.2) is 0 Å². The van der Waals surface area contributed by atoms with E-state index in [0.717, 1.165) is 17.3 Å². The van der Waals surface area contributed by atoms with Crippen molar-refractivity contribution in [2.24, 2.45) is 5.84 Å². The van der Waals surface area contributed by atoms with Crippen molar-refractivity contribution in [3.8, 4) is 0 Å². The summed E-state index contributed by atoms with van der Waals surface area (Å²) < 4.78 is 14.8. The molecule has 0 amide bonds. The maximum absolute atomic E-state index is 14.0. The summed E-state index contributed by atoms with van der Waals surface area (Å²) in [5.41, 5.74) is 6.14. The van der Waals surface area contributed by atoms with Crippen molar-refractivity contribution in [3.63, 3.8) is 0 Å². The zero-order chi connectivity index (χ0) is 14.1. The summed E-state index contributed by atoms with van der Waals surface area (Å²) >= 11 is 3.27. The molecular weight excluding hydrogens is 319 g/mol. The molecule has 0 saturated heterocycles. The van der Waals surface area contributed by atoms with Crippen LogP contribution in [-0.2, 0) is 6.42 Å². The van der Waals surface area contributed by atoms with E-state index in [4.69, 9.17) is 5.84 Å². The molecule has 0 heterocycles. The zero-order valence-corrected chi connectivity index (χ0v) is 12.5. The highest BCUT2D eigenvalue weighted by molar-refractivity contribution is 9.10. The van der Waals surface area contributed by atoms with Gasteiger partial charge in [-0.2, -0.15) is 0 Å². The molecule has 0 aliphatic heterocycles. The van der Waals surface area contributed by atoms with Crippen LogP contribution in [0.15, 0.2) is 46.9 Å². The Balaban J connectivity index is 1.79. The monoisotopic (exact) mass is 334 g/mol. The maximum atomic E-state index is 14.0. The molecular formula is C16H16BrFN2. The van der Waals surface area contributed by atoms with Gasteiger partial charge in [0.25, 0.3) is 0 Å². The molecule has 3 rings (SSSR count). The van der Waals surface area contributed by atoms with E-state index in [9.17, 15) is 4.39 Å². The Morgan fingerprint density at radius 2 is 2.10 bits per heavy atom. The second-order valence-corrected chi connectivity index (χ2v) is 6.14. The number of hydrazine groups is 1. The van der Waals surface area contributed by atoms with Crippen LogP contribution < -0.4 is 11.3 Å². The number of nitrogens with two attached hydrogens (primary N) is 1. The normalized spacial score (nSPS) is 18.2. The first-order valence-corrected chi connectivity index (χ1v) is 7.47. The standard InChI is InChI=1S/C16H16BrFN2/c17-12-5-6-14(15(18)9-12)16(20-19)8-11-7-10-3-1-2-4-13(10)11/h1-6,9,11,16,20H,7-8,19H2. The van der Waals surface area contributed by atoms with Gasteiger partial charge >= 0.3 is 0 Å². The summed E-state index contributed by atoms with van der Waals surface area (Å²) in [6, 6.07) is 13.4. The van der Waals surface area contributed by atoms with Crippen molar-refractivity contribution in [2.75, 3.05) is 0 Å². The van der Waals surface area contributed by atoms with Crippen molar-refractivity contribution in [2.45, 2.75) is 24.8 Å². The van der Waals surface area contributed by atoms with Crippen molar-refractivity contribution >= 4 is 15.9 Å². The molecule has 2 aromatic rings. The van der Waals surface area contributed by atoms with Gasteiger partial charge in [0.2, 0.25) is 0 Å². The number of hydrogen-bond donors (Lipinski definition) is 2. The van der Waals surface area contributed by atoms with Gasteiger partial charge < -0.3 is 0 Å². The molecule has 2 nitrogen and oxygen atoms in total. The average Bonchev–Trinajstić information content (AvgIpc) is 2.41. The van der Waals surface area contributed by atoms with Crippen LogP contribution in [0.25, 0.3) is 0 Å². The lowest BCUT2D eigenvalue weighted by Gasteiger charge is -2.33. The minimum atomic E-state index is -0.227. The van der Waals surface area contributed by atoms with Gasteiger partial charge in [0.1, 0.15) is 5.82 Å². The van der Waals surface area contributed by atoms with Crippen molar-refractivity contribution in [3.05, 3.63) is 69.4 Å². The molecule has 20 heavy (non-hydrogen) atoms. The summed E-state index contributed by atoms with van der Waals surface area (Å²) in [6.07, 6.45) is 1.86. The van der Waals surface area contributed by atoms with Gasteiger partial charge in [0, 0.05) is 16.1 Å². The number of halogens is 2. The fourth-order valence-electron chi connectivity index (χ4n) is 2.93. The first kappa shape index (κ1) is 13.7. The van der Waals surface area contributed by atoms with Crippen molar-refractivity contribution in [1.82, 2.24) is 5.43 Å². The van der Waals surface area contributed by atoms with E-state index in [1.165, 1.54) is 17.2 Å². The van der Waals surface area contributed by atoms with Gasteiger partial charge in [-0.3, -0.25) is 11.3 Å². The van der Waals surface area contributed by atoms with E-state index < -0.39 is 0 Å². The Kier molecular flexibility index (Phi) is 3.87. The molecule has 0 saturated carbocycles. The van der Waals surface area contributed by atoms with Crippen LogP contribution in [0, 0.1) is 5.82 Å². The Morgan fingerprint density at radius 1 is 1.30 bits per heavy atom. The Hall–Kier alpha value is -1.23. The van der Waals surface area contributed by atoms with E-state index in [1.54, 1.807) is 6.07 Å². The Bertz CT molecular complexity index is 630. The van der Waals surface area contributed by atoms with E-state index >= 15 is 0 Å². The summed E-state index contributed by atoms with van der Waals surface area (Å²) in [4.78, 5) is 0. The average molecular weight is 335 g/mol. The van der Waals surface area contributed by atoms with Gasteiger partial charge in [-0.05, 0) is 42.0 Å². The van der Waals surface area contributed by atoms with Gasteiger partial charge in [-0.25, -0.2) is 4.39 Å². The third-order valence-electron chi connectivity index (χ3n) is 4.02. The predicted octanol–water partition coefficient (Wildman–Crippen LogP) is 3.82. The summed E-state index contributed by atoms with van der Waals surface area (Å²) in [5, 5.41) is 0. The van der Waals surface area contributed by atoms with Crippen molar-refractivity contribution < 1.29 is 4.39 Å². The predicted molar refractivity (Wildman–Crippen MR) is 81.7 cm³/mol. The van der Waals surface area contributed by atoms with Crippen LogP contribution in [0.4, 0.5) is 4.39 Å². The fraction of sp³-hybridized carbons (Fsp3) is 0.250. The second kappa shape index (κ2) is 5.64. The third-order valence-corrected chi connectivity index (χ3v) is 4.51. The molecule has 0 spiro atoms. The molecule has 104 valence electrons. The van der Waals surface area contributed by atoms with E-state index in [0.29, 0.717) is 11.5 Å². The number of benzene rings is 2. The van der Waals surface area contributed by atoms with E-state index in [1.807, 2.05) is 6.07 Å². The summed E-state index contributed by atoms with van der Waals surface area (Å²) in [7, 11) is 0. The molecule has 1 aliphatic carbocycles. The number of fused-ring (bicyclic) bond motifs is 1. The Labute approximate surface area is 126 Å². The summed E-state index contributed by atoms with van der Waals surface area (Å²) in [6.45, 7) is 0. The van der Waals surface area contributed by atoms with Crippen LogP contribution in [0.1, 0.15) is 35.1 Å². The SMILES string of the molecule is NNC(CC1Cc2ccccc21)c1ccc(Br)cc1F. The molecule has 2 unspecified atom stereocenters. The molecule has 3 N–H and O–H groups in total. The van der Waals surface area contributed by atoms with Crippen LogP contribution in [0.5, 0.6) is 0 Å². The smallest absolute Gasteiger partial charge is 0.129 e. The minimum absolute atomic E-state index is 0.165. The number of nitrogens with one attached hydrogen (secondary N) is 1. The van der Waals surface area contributed by atoms with Crippen LogP contribution in [-0.4, -0.2) is 0 Å². The van der Waals surface area contributed by atoms with Crippen molar-refractivity contribution in [1.29, 1.82) is 0 Å². The molecule has 4 heteroatoms. The van der Waals surface area contributed by atoms with Gasteiger partial charge in [0.05, 0.1) is 0 Å². The lowest BCUT2D eigenvalue weighted by atomic mass is 9.74. The Morgan fingerprint density at radius 3 is 2.80 bits per heavy atom. The molecule has 0 bridgehead atoms. The molecule has 0 aromatic heterocycles. The van der Waals surface area contributed by atoms with Gasteiger partial charge in [-0.1, -0.05) is 46.3 Å². The molecule has 0 fully saturated rings. The quantitative estimate of drug-likeness (QED) is 0.658. The lowest BCUT2D eigenvalue weighted by Crippen LogP contribution is -2.32. The second-order valence-electron chi connectivity index (χ2n) is 5.22. The molecule has 1 aliphatic rings. The van der Waals surface area contributed by atoms with E-state index in [2.05, 4.69) is 45.6 Å². The number of hydrogen-bond acceptors (Lipinski definition) is 2. The topological polar surface area (TPSA) is 38.0 Å². The van der Waals surface area contributed by atoms with Crippen LogP contribution in [0.3, 0.4) is 0 Å². The first-order valence-electron chi connectivity index (χ1n) is 6.68. The number of rotatable bonds is 4. The highest BCUT2D eigenvalue weighted by Gasteiger charge is 2.29. The minimum Gasteiger partial charge on any atom is -0.271 e. The highest BCUT2D eigenvalue weighted by atomic mass is 79.9. The fourth-order valence-corrected chi connectivity index (χ4v) is 3.26. The third kappa shape index (κ3) is 2.51. The zero-order valence-electron chi connectivity index (χ0n) is 10.9. The van der Waals surface area contributed by atoms with Gasteiger partial charge in [-0.15, -0.1) is 0 Å². The highest BCUT2D eigenvalue weighted by Crippen LogP contribution is 2.40. The first-order chi connectivity index (χ1) is 9.69. The molecule has 2 aromatic carbocycles. The maximum Gasteiger partial charge on any atom is 0.129 e. The van der Waals surface area contributed by atoms with Crippen LogP contribution in [0.2, 0.25) is 0 Å². The molecule has 2 atom stereocenters. The largest absolute Gasteiger partial charge is 0.271 e.